The van der Waals surface area contributed by atoms with Crippen LogP contribution in [-0.2, 0) is 16.2 Å². The third-order valence-electron chi connectivity index (χ3n) is 8.74. The number of carbonyl (C=O) groups excluding carboxylic acids is 2. The van der Waals surface area contributed by atoms with Crippen molar-refractivity contribution in [2.45, 2.75) is 26.4 Å². The zero-order valence-corrected chi connectivity index (χ0v) is 22.6. The van der Waals surface area contributed by atoms with Gasteiger partial charge in [0, 0.05) is 0 Å². The maximum absolute atomic E-state index is 13.2. The van der Waals surface area contributed by atoms with Gasteiger partial charge in [-0.25, -0.2) is 0 Å². The van der Waals surface area contributed by atoms with Crippen LogP contribution < -0.4 is 9.47 Å². The van der Waals surface area contributed by atoms with Crippen molar-refractivity contribution < 1.29 is 19.1 Å². The summed E-state index contributed by atoms with van der Waals surface area (Å²) >= 11 is 3.63. The smallest absolute Gasteiger partial charge is 0.254 e. The summed E-state index contributed by atoms with van der Waals surface area (Å²) in [5.74, 6) is 0.684. The highest BCUT2D eigenvalue weighted by Crippen LogP contribution is 2.73. The molecule has 2 bridgehead atoms. The Kier molecular flexibility index (Phi) is 5.48. The molecule has 4 atom stereocenters. The molecule has 6 nitrogen and oxygen atoms in total. The Balaban J connectivity index is 1.12. The quantitative estimate of drug-likeness (QED) is 0.195. The van der Waals surface area contributed by atoms with Gasteiger partial charge in [-0.2, -0.15) is 10.1 Å². The molecule has 0 unspecified atom stereocenters. The number of carbonyl (C=O) groups is 2. The Morgan fingerprint density at radius 3 is 2.42 bits per heavy atom. The third-order valence-corrected chi connectivity index (χ3v) is 9.32. The van der Waals surface area contributed by atoms with Crippen LogP contribution in [-0.4, -0.2) is 29.6 Å². The molecule has 0 aromatic heterocycles. The number of benzene rings is 3. The summed E-state index contributed by atoms with van der Waals surface area (Å²) in [6, 6.07) is 18.1. The SMILES string of the molecule is CCOc1cc(/C=N\N2C(=O)[C@H]3[C@H](C2=O)[C@H]2C=C[C@H]3C23CC3)cc(Br)c1OCc1cccc2ccccc12. The fourth-order valence-corrected chi connectivity index (χ4v) is 7.51. The zero-order valence-electron chi connectivity index (χ0n) is 21.0. The van der Waals surface area contributed by atoms with Gasteiger partial charge in [-0.3, -0.25) is 9.59 Å². The highest BCUT2D eigenvalue weighted by Gasteiger charge is 2.73. The van der Waals surface area contributed by atoms with Gasteiger partial charge in [0.2, 0.25) is 0 Å². The molecule has 192 valence electrons. The van der Waals surface area contributed by atoms with E-state index < -0.39 is 0 Å². The van der Waals surface area contributed by atoms with Crippen molar-refractivity contribution in [1.29, 1.82) is 0 Å². The average Bonchev–Trinajstić information content (AvgIpc) is 3.52. The summed E-state index contributed by atoms with van der Waals surface area (Å²) < 4.78 is 12.9. The van der Waals surface area contributed by atoms with E-state index in [4.69, 9.17) is 9.47 Å². The molecule has 0 radical (unpaired) electrons. The maximum atomic E-state index is 13.2. The van der Waals surface area contributed by atoms with Crippen molar-refractivity contribution in [2.24, 2.45) is 34.2 Å². The van der Waals surface area contributed by atoms with Crippen molar-refractivity contribution in [2.75, 3.05) is 6.61 Å². The monoisotopic (exact) mass is 570 g/mol. The second-order valence-corrected chi connectivity index (χ2v) is 11.5. The van der Waals surface area contributed by atoms with Crippen molar-refractivity contribution in [3.8, 4) is 11.5 Å². The lowest BCUT2D eigenvalue weighted by molar-refractivity contribution is -0.141. The van der Waals surface area contributed by atoms with Gasteiger partial charge in [-0.15, -0.1) is 0 Å². The predicted molar refractivity (Wildman–Crippen MR) is 148 cm³/mol. The Labute approximate surface area is 229 Å². The molecule has 1 saturated heterocycles. The van der Waals surface area contributed by atoms with Gasteiger partial charge in [0.25, 0.3) is 11.8 Å². The van der Waals surface area contributed by atoms with E-state index in [1.165, 1.54) is 0 Å². The van der Waals surface area contributed by atoms with Crippen molar-refractivity contribution >= 4 is 44.7 Å². The largest absolute Gasteiger partial charge is 0.490 e. The van der Waals surface area contributed by atoms with Crippen LogP contribution in [0.3, 0.4) is 0 Å². The lowest BCUT2D eigenvalue weighted by atomic mass is 9.85. The van der Waals surface area contributed by atoms with E-state index in [1.807, 2.05) is 37.3 Å². The molecule has 4 aliphatic rings. The van der Waals surface area contributed by atoms with Gasteiger partial charge >= 0.3 is 0 Å². The minimum Gasteiger partial charge on any atom is -0.490 e. The summed E-state index contributed by atoms with van der Waals surface area (Å²) in [4.78, 5) is 26.5. The van der Waals surface area contributed by atoms with E-state index in [1.54, 1.807) is 6.21 Å². The minimum atomic E-state index is -0.257. The fraction of sp³-hybridized carbons (Fsp3) is 0.323. The number of halogens is 1. The molecule has 3 fully saturated rings. The first-order valence-corrected chi connectivity index (χ1v) is 14.0. The van der Waals surface area contributed by atoms with E-state index in [0.717, 1.165) is 34.2 Å². The molecule has 3 aliphatic carbocycles. The van der Waals surface area contributed by atoms with Crippen LogP contribution in [0.4, 0.5) is 0 Å². The van der Waals surface area contributed by atoms with Crippen molar-refractivity contribution in [3.63, 3.8) is 0 Å². The second-order valence-electron chi connectivity index (χ2n) is 10.6. The average molecular weight is 571 g/mol. The first-order chi connectivity index (χ1) is 18.5. The minimum absolute atomic E-state index is 0.168. The Hall–Kier alpha value is -3.45. The molecular weight excluding hydrogens is 544 g/mol. The number of fused-ring (bicyclic) bond motifs is 4. The van der Waals surface area contributed by atoms with Gasteiger partial charge in [0.1, 0.15) is 6.61 Å². The number of nitrogens with zero attached hydrogens (tertiary/aromatic N) is 2. The highest BCUT2D eigenvalue weighted by molar-refractivity contribution is 9.10. The molecule has 3 aromatic rings. The van der Waals surface area contributed by atoms with Crippen LogP contribution in [0.25, 0.3) is 10.8 Å². The lowest BCUT2D eigenvalue weighted by Crippen LogP contribution is -2.30. The molecule has 3 aromatic carbocycles. The number of rotatable bonds is 7. The molecule has 1 aliphatic heterocycles. The van der Waals surface area contributed by atoms with Crippen LogP contribution in [0.5, 0.6) is 11.5 Å². The van der Waals surface area contributed by atoms with Crippen LogP contribution in [0.15, 0.2) is 76.3 Å². The summed E-state index contributed by atoms with van der Waals surface area (Å²) in [6.07, 6.45) is 8.13. The molecule has 7 rings (SSSR count). The Bertz CT molecular complexity index is 1500. The van der Waals surface area contributed by atoms with Gasteiger partial charge in [-0.05, 0) is 87.0 Å². The molecule has 0 N–H and O–H groups in total. The lowest BCUT2D eigenvalue weighted by Gasteiger charge is -2.18. The maximum Gasteiger partial charge on any atom is 0.254 e. The molecule has 2 amide bonds. The van der Waals surface area contributed by atoms with Gasteiger partial charge < -0.3 is 9.47 Å². The summed E-state index contributed by atoms with van der Waals surface area (Å²) in [5.41, 5.74) is 1.96. The molecule has 38 heavy (non-hydrogen) atoms. The van der Waals surface area contributed by atoms with E-state index in [-0.39, 0.29) is 40.9 Å². The fourth-order valence-electron chi connectivity index (χ4n) is 6.93. The standard InChI is InChI=1S/C31H27BrN2O4/c1-2-37-25-15-18(14-24(32)28(25)38-17-20-8-5-7-19-6-3-4-9-21(19)20)16-33-34-29(35)26-22-10-11-23(27(26)30(34)36)31(22)12-13-31/h3-11,14-16,22-23,26-27H,2,12-13,17H2,1H3/b33-16-/t22-,23-,26-,27-/m1/s1. The number of imide groups is 1. The number of amides is 2. The van der Waals surface area contributed by atoms with Crippen molar-refractivity contribution in [1.82, 2.24) is 5.01 Å². The first kappa shape index (κ1) is 23.7. The summed E-state index contributed by atoms with van der Waals surface area (Å²) in [7, 11) is 0. The number of allylic oxidation sites excluding steroid dienone is 2. The predicted octanol–water partition coefficient (Wildman–Crippen LogP) is 6.11. The van der Waals surface area contributed by atoms with E-state index in [0.29, 0.717) is 34.7 Å². The molecule has 1 spiro atoms. The van der Waals surface area contributed by atoms with E-state index in [2.05, 4.69) is 57.4 Å². The van der Waals surface area contributed by atoms with E-state index in [9.17, 15) is 9.59 Å². The van der Waals surface area contributed by atoms with Crippen LogP contribution in [0, 0.1) is 29.1 Å². The van der Waals surface area contributed by atoms with Gasteiger partial charge in [0.05, 0.1) is 29.1 Å². The van der Waals surface area contributed by atoms with Crippen LogP contribution in [0.1, 0.15) is 30.9 Å². The topological polar surface area (TPSA) is 68.2 Å². The Morgan fingerprint density at radius 1 is 1.00 bits per heavy atom. The van der Waals surface area contributed by atoms with E-state index >= 15 is 0 Å². The first-order valence-electron chi connectivity index (χ1n) is 13.2. The Morgan fingerprint density at radius 2 is 1.71 bits per heavy atom. The summed E-state index contributed by atoms with van der Waals surface area (Å²) in [5, 5.41) is 7.77. The molecule has 2 saturated carbocycles. The molecular formula is C31H27BrN2O4. The molecule has 7 heteroatoms. The van der Waals surface area contributed by atoms with Crippen molar-refractivity contribution in [3.05, 3.63) is 82.3 Å². The summed E-state index contributed by atoms with van der Waals surface area (Å²) in [6.45, 7) is 2.75. The number of hydrazone groups is 1. The third kappa shape index (κ3) is 3.48. The number of hydrogen-bond donors (Lipinski definition) is 0. The van der Waals surface area contributed by atoms with Gasteiger partial charge in [0.15, 0.2) is 11.5 Å². The van der Waals surface area contributed by atoms with Crippen LogP contribution in [0.2, 0.25) is 0 Å². The normalized spacial score (nSPS) is 26.2. The van der Waals surface area contributed by atoms with Gasteiger partial charge in [-0.1, -0.05) is 54.6 Å². The second kappa shape index (κ2) is 8.80. The zero-order chi connectivity index (χ0) is 26.0. The van der Waals surface area contributed by atoms with Crippen LogP contribution >= 0.6 is 15.9 Å². The number of hydrogen-bond acceptors (Lipinski definition) is 5. The molecule has 1 heterocycles. The number of ether oxygens (including phenoxy) is 2. The highest BCUT2D eigenvalue weighted by atomic mass is 79.9.